The van der Waals surface area contributed by atoms with E-state index in [4.69, 9.17) is 5.73 Å². The average Bonchev–Trinajstić information content (AvgIpc) is 2.58. The van der Waals surface area contributed by atoms with Crippen LogP contribution in [0, 0.1) is 5.82 Å². The molecule has 2 aromatic carbocycles. The van der Waals surface area contributed by atoms with Crippen LogP contribution in [-0.2, 0) is 12.4 Å². The van der Waals surface area contributed by atoms with Crippen LogP contribution in [0.3, 0.4) is 0 Å². The van der Waals surface area contributed by atoms with E-state index < -0.39 is 17.2 Å². The summed E-state index contributed by atoms with van der Waals surface area (Å²) in [5.41, 5.74) is 7.16. The van der Waals surface area contributed by atoms with E-state index >= 15 is 0 Å². The monoisotopic (exact) mass is 356 g/mol. The highest BCUT2D eigenvalue weighted by Gasteiger charge is 2.28. The van der Waals surface area contributed by atoms with Gasteiger partial charge in [0.05, 0.1) is 16.4 Å². The molecule has 3 N–H and O–H groups in total. The zero-order valence-electron chi connectivity index (χ0n) is 13.0. The summed E-state index contributed by atoms with van der Waals surface area (Å²) in [6.07, 6.45) is 0. The molecule has 0 saturated carbocycles. The smallest absolute Gasteiger partial charge is 0.342 e. The lowest BCUT2D eigenvalue weighted by atomic mass is 10.0. The van der Waals surface area contributed by atoms with Gasteiger partial charge in [0.25, 0.3) is 0 Å². The Bertz CT molecular complexity index is 1090. The van der Waals surface area contributed by atoms with Crippen LogP contribution in [0.1, 0.15) is 15.9 Å². The number of pyridine rings is 1. The van der Waals surface area contributed by atoms with Gasteiger partial charge in [-0.2, -0.15) is 0 Å². The molecule has 0 unspecified atom stereocenters. The second-order valence-electron chi connectivity index (χ2n) is 5.77. The Balaban J connectivity index is 1.99. The van der Waals surface area contributed by atoms with Crippen molar-refractivity contribution >= 4 is 28.6 Å². The summed E-state index contributed by atoms with van der Waals surface area (Å²) >= 11 is 1.30. The molecule has 0 atom stereocenters. The topological polar surface area (TPSA) is 85.3 Å². The fraction of sp³-hybridized carbons (Fsp3) is 0.111. The average molecular weight is 356 g/mol. The number of fused-ring (bicyclic) bond motifs is 3. The zero-order valence-corrected chi connectivity index (χ0v) is 13.8. The maximum Gasteiger partial charge on any atom is 0.342 e. The van der Waals surface area contributed by atoms with Gasteiger partial charge in [0.2, 0.25) is 5.43 Å². The number of thioether (sulfide) groups is 1. The van der Waals surface area contributed by atoms with Gasteiger partial charge in [0, 0.05) is 17.5 Å². The van der Waals surface area contributed by atoms with Crippen LogP contribution < -0.4 is 11.2 Å². The van der Waals surface area contributed by atoms with E-state index in [1.807, 2.05) is 12.1 Å². The van der Waals surface area contributed by atoms with Gasteiger partial charge in [-0.3, -0.25) is 4.79 Å². The highest BCUT2D eigenvalue weighted by Crippen LogP contribution is 2.38. The summed E-state index contributed by atoms with van der Waals surface area (Å²) in [6.45, 7) is 0.401. The Morgan fingerprint density at radius 2 is 2.00 bits per heavy atom. The van der Waals surface area contributed by atoms with Crippen molar-refractivity contribution in [2.24, 2.45) is 5.73 Å². The third-order valence-electron chi connectivity index (χ3n) is 4.35. The molecule has 7 heteroatoms. The van der Waals surface area contributed by atoms with E-state index in [1.165, 1.54) is 11.8 Å². The molecule has 3 aromatic rings. The summed E-state index contributed by atoms with van der Waals surface area (Å²) in [5.74, 6) is -1.32. The number of nitrogens with two attached hydrogens (primary N) is 1. The van der Waals surface area contributed by atoms with Gasteiger partial charge in [0.1, 0.15) is 11.4 Å². The van der Waals surface area contributed by atoms with E-state index in [2.05, 4.69) is 0 Å². The summed E-state index contributed by atoms with van der Waals surface area (Å²) in [7, 11) is 0. The maximum atomic E-state index is 14.6. The van der Waals surface area contributed by atoms with E-state index in [1.54, 1.807) is 22.8 Å². The van der Waals surface area contributed by atoms with Crippen LogP contribution in [0.2, 0.25) is 0 Å². The van der Waals surface area contributed by atoms with Crippen molar-refractivity contribution in [2.45, 2.75) is 17.4 Å². The number of carbonyl (C=O) groups is 1. The Labute approximate surface area is 145 Å². The highest BCUT2D eigenvalue weighted by atomic mass is 32.2. The van der Waals surface area contributed by atoms with Crippen molar-refractivity contribution in [3.8, 4) is 11.1 Å². The molecule has 25 heavy (non-hydrogen) atoms. The van der Waals surface area contributed by atoms with Gasteiger partial charge >= 0.3 is 5.97 Å². The minimum atomic E-state index is -1.29. The van der Waals surface area contributed by atoms with E-state index in [9.17, 15) is 19.1 Å². The third-order valence-corrected chi connectivity index (χ3v) is 5.44. The molecule has 0 radical (unpaired) electrons. The summed E-state index contributed by atoms with van der Waals surface area (Å²) in [6, 6.07) is 9.95. The quantitative estimate of drug-likeness (QED) is 0.753. The summed E-state index contributed by atoms with van der Waals surface area (Å²) in [5, 5.41) is 9.79. The molecule has 0 bridgehead atoms. The Morgan fingerprint density at radius 3 is 2.56 bits per heavy atom. The minimum Gasteiger partial charge on any atom is -0.477 e. The molecule has 0 spiro atoms. The number of hydrogen-bond donors (Lipinski definition) is 2. The van der Waals surface area contributed by atoms with Crippen LogP contribution in [0.4, 0.5) is 4.39 Å². The van der Waals surface area contributed by atoms with Gasteiger partial charge in [-0.1, -0.05) is 36.0 Å². The molecule has 1 aliphatic rings. The van der Waals surface area contributed by atoms with Gasteiger partial charge in [0.15, 0.2) is 0 Å². The number of rotatable bonds is 3. The lowest BCUT2D eigenvalue weighted by Crippen LogP contribution is -2.26. The molecular weight excluding hydrogens is 343 g/mol. The lowest BCUT2D eigenvalue weighted by molar-refractivity contribution is 0.0689. The molecule has 0 fully saturated rings. The van der Waals surface area contributed by atoms with Gasteiger partial charge in [-0.05, 0) is 23.3 Å². The summed E-state index contributed by atoms with van der Waals surface area (Å²) < 4.78 is 16.4. The van der Waals surface area contributed by atoms with Gasteiger partial charge < -0.3 is 15.4 Å². The van der Waals surface area contributed by atoms with Crippen molar-refractivity contribution in [1.82, 2.24) is 4.57 Å². The third kappa shape index (κ3) is 2.35. The molecule has 1 aliphatic heterocycles. The van der Waals surface area contributed by atoms with Crippen LogP contribution in [0.15, 0.2) is 46.2 Å². The molecule has 126 valence electrons. The molecule has 0 aliphatic carbocycles. The maximum absolute atomic E-state index is 14.6. The fourth-order valence-electron chi connectivity index (χ4n) is 3.01. The van der Waals surface area contributed by atoms with Gasteiger partial charge in [-0.15, -0.1) is 0 Å². The number of aromatic carboxylic acids is 1. The number of carboxylic acids is 1. The molecule has 0 amide bonds. The predicted molar refractivity (Wildman–Crippen MR) is 94.3 cm³/mol. The second kappa shape index (κ2) is 5.72. The zero-order chi connectivity index (χ0) is 17.7. The molecule has 4 rings (SSSR count). The predicted octanol–water partition coefficient (Wildman–Crippen LogP) is 3.03. The number of benzene rings is 2. The van der Waals surface area contributed by atoms with Crippen molar-refractivity contribution in [1.29, 1.82) is 0 Å². The largest absolute Gasteiger partial charge is 0.477 e. The van der Waals surface area contributed by atoms with Crippen molar-refractivity contribution in [3.05, 3.63) is 63.6 Å². The first-order valence-corrected chi connectivity index (χ1v) is 8.55. The number of nitrogens with zero attached hydrogens (tertiary/aromatic N) is 1. The SMILES string of the molecule is NCc1ccc(-c2cc3c(cc2F)c(=O)c(C(=O)O)c2n3CS2)cc1. The standard InChI is InChI=1S/C18H13FN2O3S/c19-13-5-12-14(6-11(13)10-3-1-9(7-20)2-4-10)21-8-25-17(21)15(16(12)22)18(23)24/h1-6H,7-8,20H2,(H,23,24). The Morgan fingerprint density at radius 1 is 1.28 bits per heavy atom. The number of carboxylic acid groups (broad SMARTS) is 1. The Hall–Kier alpha value is -2.64. The van der Waals surface area contributed by atoms with Crippen LogP contribution >= 0.6 is 11.8 Å². The van der Waals surface area contributed by atoms with E-state index in [0.29, 0.717) is 34.1 Å². The first kappa shape index (κ1) is 15.9. The summed E-state index contributed by atoms with van der Waals surface area (Å²) in [4.78, 5) is 23.8. The fourth-order valence-corrected chi connectivity index (χ4v) is 3.96. The van der Waals surface area contributed by atoms with Crippen molar-refractivity contribution < 1.29 is 14.3 Å². The van der Waals surface area contributed by atoms with Crippen molar-refractivity contribution in [2.75, 3.05) is 0 Å². The number of hydrogen-bond acceptors (Lipinski definition) is 4. The molecular formula is C18H13FN2O3S. The lowest BCUT2D eigenvalue weighted by Gasteiger charge is -2.26. The molecule has 0 saturated heterocycles. The molecule has 2 heterocycles. The first-order valence-electron chi connectivity index (χ1n) is 7.56. The van der Waals surface area contributed by atoms with Crippen molar-refractivity contribution in [3.63, 3.8) is 0 Å². The van der Waals surface area contributed by atoms with Crippen LogP contribution in [0.5, 0.6) is 0 Å². The van der Waals surface area contributed by atoms with Crippen LogP contribution in [-0.4, -0.2) is 15.6 Å². The molecule has 5 nitrogen and oxygen atoms in total. The van der Waals surface area contributed by atoms with E-state index in [-0.39, 0.29) is 10.9 Å². The molecule has 1 aromatic heterocycles. The van der Waals surface area contributed by atoms with Crippen LogP contribution in [0.25, 0.3) is 22.0 Å². The minimum absolute atomic E-state index is 0.0845. The first-order chi connectivity index (χ1) is 12.0. The van der Waals surface area contributed by atoms with E-state index in [0.717, 1.165) is 11.6 Å². The number of aromatic nitrogens is 1. The second-order valence-corrected chi connectivity index (χ2v) is 6.70. The normalized spacial score (nSPS) is 12.7. The Kier molecular flexibility index (Phi) is 3.63. The number of halogens is 1. The highest BCUT2D eigenvalue weighted by molar-refractivity contribution is 7.99. The van der Waals surface area contributed by atoms with Gasteiger partial charge in [-0.25, -0.2) is 9.18 Å².